The van der Waals surface area contributed by atoms with Gasteiger partial charge in [-0.2, -0.15) is 0 Å². The largest absolute Gasteiger partial charge is 0.376 e. The molecule has 4 nitrogen and oxygen atoms in total. The van der Waals surface area contributed by atoms with Gasteiger partial charge in [0.15, 0.2) is 0 Å². The van der Waals surface area contributed by atoms with Crippen LogP contribution >= 0.6 is 0 Å². The van der Waals surface area contributed by atoms with Crippen LogP contribution in [0.25, 0.3) is 0 Å². The number of hydrogen-bond acceptors (Lipinski definition) is 4. The Morgan fingerprint density at radius 3 is 2.17 bits per heavy atom. The molecule has 2 N–H and O–H groups in total. The second kappa shape index (κ2) is 7.46. The van der Waals surface area contributed by atoms with Gasteiger partial charge in [0.1, 0.15) is 9.84 Å². The van der Waals surface area contributed by atoms with Crippen molar-refractivity contribution >= 4 is 9.84 Å². The second-order valence-electron chi connectivity index (χ2n) is 5.78. The normalized spacial score (nSPS) is 16.6. The van der Waals surface area contributed by atoms with Gasteiger partial charge in [0, 0.05) is 18.4 Å². The number of ether oxygens (including phenoxy) is 1. The minimum absolute atomic E-state index is 0.0287. The topological polar surface area (TPSA) is 69.4 Å². The van der Waals surface area contributed by atoms with Crippen molar-refractivity contribution in [2.45, 2.75) is 59.6 Å². The van der Waals surface area contributed by atoms with E-state index in [9.17, 15) is 8.42 Å². The molecule has 0 fully saturated rings. The Morgan fingerprint density at radius 2 is 1.78 bits per heavy atom. The maximum atomic E-state index is 11.4. The van der Waals surface area contributed by atoms with Crippen LogP contribution in [-0.4, -0.2) is 38.7 Å². The van der Waals surface area contributed by atoms with E-state index < -0.39 is 9.84 Å². The minimum atomic E-state index is -2.88. The van der Waals surface area contributed by atoms with Gasteiger partial charge < -0.3 is 10.5 Å². The third-order valence-electron chi connectivity index (χ3n) is 3.02. The Labute approximate surface area is 112 Å². The van der Waals surface area contributed by atoms with Crippen LogP contribution < -0.4 is 5.73 Å². The standard InChI is InChI=1S/C13H29NO3S/c1-6-17-12(13(3,4)5)11(14)9-8-10-18(15,16)7-2/h11-12H,6-10,14H2,1-5H3. The summed E-state index contributed by atoms with van der Waals surface area (Å²) in [5.41, 5.74) is 6.11. The first kappa shape index (κ1) is 17.9. The quantitative estimate of drug-likeness (QED) is 0.737. The van der Waals surface area contributed by atoms with Crippen LogP contribution in [0.3, 0.4) is 0 Å². The fraction of sp³-hybridized carbons (Fsp3) is 1.00. The summed E-state index contributed by atoms with van der Waals surface area (Å²) in [4.78, 5) is 0. The highest BCUT2D eigenvalue weighted by Gasteiger charge is 2.30. The predicted octanol–water partition coefficient (Wildman–Crippen LogP) is 1.98. The van der Waals surface area contributed by atoms with Crippen molar-refractivity contribution in [1.82, 2.24) is 0 Å². The van der Waals surface area contributed by atoms with Crippen molar-refractivity contribution in [3.05, 3.63) is 0 Å². The fourth-order valence-electron chi connectivity index (χ4n) is 2.03. The van der Waals surface area contributed by atoms with E-state index in [1.54, 1.807) is 6.92 Å². The molecule has 0 bridgehead atoms. The summed E-state index contributed by atoms with van der Waals surface area (Å²) in [5, 5.41) is 0. The van der Waals surface area contributed by atoms with E-state index in [-0.39, 0.29) is 29.1 Å². The lowest BCUT2D eigenvalue weighted by atomic mass is 9.83. The molecule has 0 aliphatic carbocycles. The van der Waals surface area contributed by atoms with Crippen molar-refractivity contribution in [2.75, 3.05) is 18.1 Å². The number of hydrogen-bond donors (Lipinski definition) is 1. The van der Waals surface area contributed by atoms with Crippen LogP contribution in [0.1, 0.15) is 47.5 Å². The van der Waals surface area contributed by atoms with Gasteiger partial charge in [0.2, 0.25) is 0 Å². The van der Waals surface area contributed by atoms with Gasteiger partial charge in [-0.05, 0) is 25.2 Å². The molecule has 0 amide bonds. The van der Waals surface area contributed by atoms with Crippen LogP contribution in [0.15, 0.2) is 0 Å². The minimum Gasteiger partial charge on any atom is -0.376 e. The van der Waals surface area contributed by atoms with Crippen molar-refractivity contribution in [2.24, 2.45) is 11.1 Å². The number of rotatable bonds is 8. The first-order valence-electron chi connectivity index (χ1n) is 6.71. The summed E-state index contributed by atoms with van der Waals surface area (Å²) in [6, 6.07) is -0.114. The summed E-state index contributed by atoms with van der Waals surface area (Å²) in [7, 11) is -2.88. The molecule has 0 saturated heterocycles. The van der Waals surface area contributed by atoms with Crippen molar-refractivity contribution in [1.29, 1.82) is 0 Å². The lowest BCUT2D eigenvalue weighted by Crippen LogP contribution is -2.45. The third-order valence-corrected chi connectivity index (χ3v) is 4.81. The SMILES string of the molecule is CCOC(C(N)CCCS(=O)(=O)CC)C(C)(C)C. The molecule has 0 aromatic carbocycles. The second-order valence-corrected chi connectivity index (χ2v) is 8.26. The molecule has 0 spiro atoms. The molecule has 110 valence electrons. The molecule has 0 aliphatic rings. The first-order valence-corrected chi connectivity index (χ1v) is 8.53. The highest BCUT2D eigenvalue weighted by atomic mass is 32.2. The molecular weight excluding hydrogens is 250 g/mol. The molecule has 0 aromatic rings. The Balaban J connectivity index is 4.32. The molecule has 0 aliphatic heterocycles. The predicted molar refractivity (Wildman–Crippen MR) is 76.4 cm³/mol. The lowest BCUT2D eigenvalue weighted by Gasteiger charge is -2.35. The summed E-state index contributed by atoms with van der Waals surface area (Å²) in [5.74, 6) is 0.427. The molecule has 0 saturated carbocycles. The van der Waals surface area contributed by atoms with Gasteiger partial charge in [-0.3, -0.25) is 0 Å². The summed E-state index contributed by atoms with van der Waals surface area (Å²) in [6.45, 7) is 10.5. The van der Waals surface area contributed by atoms with Gasteiger partial charge in [-0.1, -0.05) is 27.7 Å². The molecule has 18 heavy (non-hydrogen) atoms. The Morgan fingerprint density at radius 1 is 1.22 bits per heavy atom. The van der Waals surface area contributed by atoms with Gasteiger partial charge >= 0.3 is 0 Å². The van der Waals surface area contributed by atoms with Gasteiger partial charge in [-0.15, -0.1) is 0 Å². The van der Waals surface area contributed by atoms with Crippen LogP contribution in [0.4, 0.5) is 0 Å². The maximum absolute atomic E-state index is 11.4. The summed E-state index contributed by atoms with van der Waals surface area (Å²) < 4.78 is 28.5. The summed E-state index contributed by atoms with van der Waals surface area (Å²) >= 11 is 0. The molecule has 0 aromatic heterocycles. The molecule has 2 atom stereocenters. The molecule has 2 unspecified atom stereocenters. The van der Waals surface area contributed by atoms with Crippen molar-refractivity contribution in [3.63, 3.8) is 0 Å². The molecule has 0 rings (SSSR count). The smallest absolute Gasteiger partial charge is 0.150 e. The average molecular weight is 279 g/mol. The molecule has 0 radical (unpaired) electrons. The highest BCUT2D eigenvalue weighted by molar-refractivity contribution is 7.91. The Bertz CT molecular complexity index is 320. The van der Waals surface area contributed by atoms with Gasteiger partial charge in [0.25, 0.3) is 0 Å². The van der Waals surface area contributed by atoms with Crippen LogP contribution in [-0.2, 0) is 14.6 Å². The van der Waals surface area contributed by atoms with E-state index in [2.05, 4.69) is 20.8 Å². The average Bonchev–Trinajstić information content (AvgIpc) is 2.23. The Hall–Kier alpha value is -0.130. The fourth-order valence-corrected chi connectivity index (χ4v) is 2.93. The number of sulfone groups is 1. The molecule has 5 heteroatoms. The molecule has 0 heterocycles. The Kier molecular flexibility index (Phi) is 7.40. The number of nitrogens with two attached hydrogens (primary N) is 1. The van der Waals surface area contributed by atoms with E-state index in [0.717, 1.165) is 0 Å². The van der Waals surface area contributed by atoms with E-state index >= 15 is 0 Å². The van der Waals surface area contributed by atoms with Gasteiger partial charge in [0.05, 0.1) is 11.9 Å². The monoisotopic (exact) mass is 279 g/mol. The van der Waals surface area contributed by atoms with E-state index in [1.807, 2.05) is 6.92 Å². The summed E-state index contributed by atoms with van der Waals surface area (Å²) in [6.07, 6.45) is 1.25. The lowest BCUT2D eigenvalue weighted by molar-refractivity contribution is -0.0291. The first-order chi connectivity index (χ1) is 8.14. The van der Waals surface area contributed by atoms with E-state index in [4.69, 9.17) is 10.5 Å². The van der Waals surface area contributed by atoms with Crippen LogP contribution in [0, 0.1) is 5.41 Å². The van der Waals surface area contributed by atoms with E-state index in [0.29, 0.717) is 19.4 Å². The maximum Gasteiger partial charge on any atom is 0.150 e. The van der Waals surface area contributed by atoms with Crippen molar-refractivity contribution < 1.29 is 13.2 Å². The van der Waals surface area contributed by atoms with Crippen molar-refractivity contribution in [3.8, 4) is 0 Å². The van der Waals surface area contributed by atoms with Gasteiger partial charge in [-0.25, -0.2) is 8.42 Å². The zero-order valence-corrected chi connectivity index (χ0v) is 13.2. The molecular formula is C13H29NO3S. The zero-order valence-electron chi connectivity index (χ0n) is 12.4. The van der Waals surface area contributed by atoms with E-state index in [1.165, 1.54) is 0 Å². The zero-order chi connectivity index (χ0) is 14.4. The third kappa shape index (κ3) is 6.71. The van der Waals surface area contributed by atoms with Crippen LogP contribution in [0.2, 0.25) is 0 Å². The highest BCUT2D eigenvalue weighted by Crippen LogP contribution is 2.26. The van der Waals surface area contributed by atoms with Crippen LogP contribution in [0.5, 0.6) is 0 Å².